The minimum absolute atomic E-state index is 0.0197. The first-order valence-electron chi connectivity index (χ1n) is 8.61. The van der Waals surface area contributed by atoms with Crippen LogP contribution in [0, 0.1) is 5.92 Å². The van der Waals surface area contributed by atoms with E-state index >= 15 is 0 Å². The zero-order valence-corrected chi connectivity index (χ0v) is 15.6. The van der Waals surface area contributed by atoms with Crippen LogP contribution in [0.1, 0.15) is 31.2 Å². The van der Waals surface area contributed by atoms with Gasteiger partial charge in [0.25, 0.3) is 5.91 Å². The van der Waals surface area contributed by atoms with Gasteiger partial charge in [0.15, 0.2) is 5.76 Å². The lowest BCUT2D eigenvalue weighted by molar-refractivity contribution is -0.166. The quantitative estimate of drug-likeness (QED) is 0.619. The van der Waals surface area contributed by atoms with E-state index in [0.29, 0.717) is 26.2 Å². The first kappa shape index (κ1) is 19.9. The Morgan fingerprint density at radius 3 is 2.96 bits per heavy atom. The lowest BCUT2D eigenvalue weighted by atomic mass is 9.81. The SMILES string of the molecule is CCO[C@@H]1OC(C(=O)NCCOC)=C[C@H](c2ccsc2)[C@H]1CCCO. The van der Waals surface area contributed by atoms with Crippen LogP contribution in [0.25, 0.3) is 0 Å². The van der Waals surface area contributed by atoms with Crippen molar-refractivity contribution in [1.29, 1.82) is 0 Å². The monoisotopic (exact) mass is 369 g/mol. The van der Waals surface area contributed by atoms with E-state index in [1.807, 2.05) is 18.4 Å². The van der Waals surface area contributed by atoms with Crippen LogP contribution in [0.3, 0.4) is 0 Å². The summed E-state index contributed by atoms with van der Waals surface area (Å²) in [5.41, 5.74) is 1.14. The maximum absolute atomic E-state index is 12.4. The van der Waals surface area contributed by atoms with Crippen molar-refractivity contribution in [3.8, 4) is 0 Å². The minimum atomic E-state index is -0.505. The van der Waals surface area contributed by atoms with Gasteiger partial charge in [-0.2, -0.15) is 11.3 Å². The third-order valence-electron chi connectivity index (χ3n) is 4.16. The predicted molar refractivity (Wildman–Crippen MR) is 96.3 cm³/mol. The molecule has 0 aliphatic carbocycles. The van der Waals surface area contributed by atoms with Gasteiger partial charge in [0.05, 0.1) is 6.61 Å². The summed E-state index contributed by atoms with van der Waals surface area (Å²) in [6.07, 6.45) is 2.80. The Kier molecular flexibility index (Phi) is 8.40. The third kappa shape index (κ3) is 5.54. The van der Waals surface area contributed by atoms with Crippen molar-refractivity contribution in [1.82, 2.24) is 5.32 Å². The van der Waals surface area contributed by atoms with Crippen LogP contribution in [0.2, 0.25) is 0 Å². The summed E-state index contributed by atoms with van der Waals surface area (Å²) in [5, 5.41) is 16.1. The second-order valence-electron chi connectivity index (χ2n) is 5.83. The molecule has 140 valence electrons. The number of nitrogens with one attached hydrogen (secondary N) is 1. The Hall–Kier alpha value is -1.41. The molecule has 0 spiro atoms. The fourth-order valence-corrected chi connectivity index (χ4v) is 3.67. The Balaban J connectivity index is 2.23. The van der Waals surface area contributed by atoms with Crippen molar-refractivity contribution in [2.75, 3.05) is 33.5 Å². The molecule has 1 aliphatic rings. The van der Waals surface area contributed by atoms with Crippen molar-refractivity contribution in [2.24, 2.45) is 5.92 Å². The normalized spacial score (nSPS) is 23.0. The van der Waals surface area contributed by atoms with E-state index < -0.39 is 6.29 Å². The van der Waals surface area contributed by atoms with E-state index in [-0.39, 0.29) is 30.1 Å². The predicted octanol–water partition coefficient (Wildman–Crippen LogP) is 2.26. The van der Waals surface area contributed by atoms with Crippen LogP contribution in [-0.2, 0) is 19.0 Å². The van der Waals surface area contributed by atoms with E-state index in [1.165, 1.54) is 0 Å². The molecule has 2 rings (SSSR count). The number of hydrogen-bond donors (Lipinski definition) is 2. The molecule has 0 aromatic carbocycles. The van der Waals surface area contributed by atoms with Gasteiger partial charge in [-0.3, -0.25) is 4.79 Å². The van der Waals surface area contributed by atoms with Gasteiger partial charge in [-0.25, -0.2) is 0 Å². The van der Waals surface area contributed by atoms with Gasteiger partial charge >= 0.3 is 0 Å². The second-order valence-corrected chi connectivity index (χ2v) is 6.61. The van der Waals surface area contributed by atoms with Gasteiger partial charge in [-0.15, -0.1) is 0 Å². The van der Waals surface area contributed by atoms with Gasteiger partial charge < -0.3 is 24.6 Å². The number of carbonyl (C=O) groups is 1. The molecular formula is C18H27NO5S. The van der Waals surface area contributed by atoms with Crippen molar-refractivity contribution >= 4 is 17.2 Å². The summed E-state index contributed by atoms with van der Waals surface area (Å²) in [6.45, 7) is 3.39. The molecule has 1 aliphatic heterocycles. The van der Waals surface area contributed by atoms with Crippen LogP contribution >= 0.6 is 11.3 Å². The van der Waals surface area contributed by atoms with Crippen LogP contribution in [0.5, 0.6) is 0 Å². The van der Waals surface area contributed by atoms with Gasteiger partial charge in [-0.05, 0) is 48.2 Å². The van der Waals surface area contributed by atoms with E-state index in [0.717, 1.165) is 12.0 Å². The zero-order chi connectivity index (χ0) is 18.1. The molecular weight excluding hydrogens is 342 g/mol. The van der Waals surface area contributed by atoms with Crippen LogP contribution in [0.4, 0.5) is 0 Å². The number of methoxy groups -OCH3 is 1. The standard InChI is InChI=1S/C18H27NO5S/c1-3-23-18-14(5-4-8-20)15(13-6-10-25-12-13)11-16(24-18)17(21)19-7-9-22-2/h6,10-12,14-15,18,20H,3-5,7-9H2,1-2H3,(H,19,21)/t14-,15-,18-/m1/s1. The smallest absolute Gasteiger partial charge is 0.286 e. The molecule has 1 aromatic heterocycles. The molecule has 2 N–H and O–H groups in total. The maximum Gasteiger partial charge on any atom is 0.286 e. The van der Waals surface area contributed by atoms with E-state index in [4.69, 9.17) is 14.2 Å². The highest BCUT2D eigenvalue weighted by molar-refractivity contribution is 7.08. The molecule has 2 heterocycles. The number of allylic oxidation sites excluding steroid dienone is 1. The summed E-state index contributed by atoms with van der Waals surface area (Å²) in [5.74, 6) is 0.0945. The number of hydrogen-bond acceptors (Lipinski definition) is 6. The zero-order valence-electron chi connectivity index (χ0n) is 14.8. The summed E-state index contributed by atoms with van der Waals surface area (Å²) in [6, 6.07) is 2.06. The summed E-state index contributed by atoms with van der Waals surface area (Å²) in [4.78, 5) is 12.4. The highest BCUT2D eigenvalue weighted by Gasteiger charge is 2.37. The largest absolute Gasteiger partial charge is 0.459 e. The fraction of sp³-hybridized carbons (Fsp3) is 0.611. The molecule has 0 radical (unpaired) electrons. The Labute approximate surface area is 152 Å². The molecule has 0 fully saturated rings. The number of carbonyl (C=O) groups excluding carboxylic acids is 1. The van der Waals surface area contributed by atoms with Gasteiger partial charge in [0.1, 0.15) is 0 Å². The third-order valence-corrected chi connectivity index (χ3v) is 4.86. The van der Waals surface area contributed by atoms with Crippen molar-refractivity contribution in [3.63, 3.8) is 0 Å². The molecule has 3 atom stereocenters. The Bertz CT molecular complexity index is 546. The number of aliphatic hydroxyl groups excluding tert-OH is 1. The van der Waals surface area contributed by atoms with Gasteiger partial charge in [0, 0.05) is 38.7 Å². The molecule has 25 heavy (non-hydrogen) atoms. The van der Waals surface area contributed by atoms with E-state index in [1.54, 1.807) is 18.4 Å². The lowest BCUT2D eigenvalue weighted by Crippen LogP contribution is -2.39. The van der Waals surface area contributed by atoms with Crippen LogP contribution < -0.4 is 5.32 Å². The van der Waals surface area contributed by atoms with E-state index in [2.05, 4.69) is 16.8 Å². The second kappa shape index (κ2) is 10.6. The molecule has 6 nitrogen and oxygen atoms in total. The Morgan fingerprint density at radius 1 is 1.48 bits per heavy atom. The molecule has 0 bridgehead atoms. The number of thiophene rings is 1. The van der Waals surface area contributed by atoms with E-state index in [9.17, 15) is 9.90 Å². The molecule has 0 unspecified atom stereocenters. The fourth-order valence-electron chi connectivity index (χ4n) is 2.96. The highest BCUT2D eigenvalue weighted by atomic mass is 32.1. The molecule has 0 saturated carbocycles. The summed E-state index contributed by atoms with van der Waals surface area (Å²) < 4.78 is 16.6. The number of amides is 1. The lowest BCUT2D eigenvalue weighted by Gasteiger charge is -2.36. The number of aliphatic hydroxyl groups is 1. The molecule has 7 heteroatoms. The van der Waals surface area contributed by atoms with Crippen LogP contribution in [0.15, 0.2) is 28.7 Å². The summed E-state index contributed by atoms with van der Waals surface area (Å²) >= 11 is 1.62. The van der Waals surface area contributed by atoms with Crippen molar-refractivity contribution < 1.29 is 24.1 Å². The Morgan fingerprint density at radius 2 is 2.32 bits per heavy atom. The maximum atomic E-state index is 12.4. The average Bonchev–Trinajstić information content (AvgIpc) is 3.15. The number of rotatable bonds is 10. The van der Waals surface area contributed by atoms with Gasteiger partial charge in [-0.1, -0.05) is 0 Å². The van der Waals surface area contributed by atoms with Crippen molar-refractivity contribution in [2.45, 2.75) is 32.0 Å². The topological polar surface area (TPSA) is 77.0 Å². The highest BCUT2D eigenvalue weighted by Crippen LogP contribution is 2.39. The molecule has 0 saturated heterocycles. The minimum Gasteiger partial charge on any atom is -0.459 e. The molecule has 1 amide bonds. The molecule has 1 aromatic rings. The van der Waals surface area contributed by atoms with Crippen molar-refractivity contribution in [3.05, 3.63) is 34.2 Å². The first-order chi connectivity index (χ1) is 12.2. The first-order valence-corrected chi connectivity index (χ1v) is 9.55. The number of ether oxygens (including phenoxy) is 3. The van der Waals surface area contributed by atoms with Crippen LogP contribution in [-0.4, -0.2) is 50.8 Å². The van der Waals surface area contributed by atoms with Gasteiger partial charge in [0.2, 0.25) is 6.29 Å². The average molecular weight is 369 g/mol. The summed E-state index contributed by atoms with van der Waals surface area (Å²) in [7, 11) is 1.59.